The first-order valence-electron chi connectivity index (χ1n) is 16.1. The molecule has 0 aliphatic carbocycles. The van der Waals surface area contributed by atoms with Crippen LogP contribution in [0.4, 0.5) is 0 Å². The maximum atomic E-state index is 2.69. The summed E-state index contributed by atoms with van der Waals surface area (Å²) in [4.78, 5) is 0. The van der Waals surface area contributed by atoms with Crippen LogP contribution >= 0.6 is 13.8 Å². The molecule has 0 fully saturated rings. The van der Waals surface area contributed by atoms with Crippen molar-refractivity contribution in [3.05, 3.63) is 182 Å². The Kier molecular flexibility index (Phi) is 10.5. The molecule has 0 spiro atoms. The molecular formula is C43H42P2. The van der Waals surface area contributed by atoms with E-state index in [-0.39, 0.29) is 0 Å². The van der Waals surface area contributed by atoms with Crippen molar-refractivity contribution >= 4 is 57.2 Å². The Labute approximate surface area is 270 Å². The number of rotatable bonds is 12. The number of hydrogen-bond donors (Lipinski definition) is 0. The van der Waals surface area contributed by atoms with E-state index in [4.69, 9.17) is 0 Å². The van der Waals surface area contributed by atoms with Gasteiger partial charge in [0.2, 0.25) is 0 Å². The van der Waals surface area contributed by atoms with Crippen molar-refractivity contribution in [3.63, 3.8) is 0 Å². The van der Waals surface area contributed by atoms with Gasteiger partial charge in [0.05, 0.1) is 0 Å². The third-order valence-electron chi connectivity index (χ3n) is 8.69. The first-order valence-corrected chi connectivity index (χ1v) is 19.9. The van der Waals surface area contributed by atoms with Crippen LogP contribution in [0.3, 0.4) is 0 Å². The lowest BCUT2D eigenvalue weighted by Gasteiger charge is -2.29. The molecule has 0 nitrogen and oxygen atoms in total. The summed E-state index contributed by atoms with van der Waals surface area (Å²) < 4.78 is 0. The summed E-state index contributed by atoms with van der Waals surface area (Å²) in [5, 5.41) is 8.58. The summed E-state index contributed by atoms with van der Waals surface area (Å²) in [6.07, 6.45) is 5.79. The van der Waals surface area contributed by atoms with Gasteiger partial charge in [0.1, 0.15) is 0 Å². The highest BCUT2D eigenvalue weighted by atomic mass is 31.2. The maximum absolute atomic E-state index is 2.69. The van der Waals surface area contributed by atoms with Gasteiger partial charge in [-0.3, -0.25) is 0 Å². The van der Waals surface area contributed by atoms with Crippen LogP contribution in [0.1, 0.15) is 32.1 Å². The Hall–Kier alpha value is -4.08. The van der Waals surface area contributed by atoms with E-state index in [0.717, 1.165) is 12.8 Å². The van der Waals surface area contributed by atoms with Crippen LogP contribution in [0.15, 0.2) is 182 Å². The van der Waals surface area contributed by atoms with Gasteiger partial charge < -0.3 is 0 Å². The number of hydrogen-bond acceptors (Lipinski definition) is 0. The molecule has 6 aromatic carbocycles. The highest BCUT2D eigenvalue weighted by molar-refractivity contribution is 7.94. The molecule has 6 rings (SSSR count). The van der Waals surface area contributed by atoms with Crippen molar-refractivity contribution in [2.75, 3.05) is 0 Å². The Bertz CT molecular complexity index is 1500. The number of benzene rings is 6. The van der Waals surface area contributed by atoms with Crippen molar-refractivity contribution in [2.45, 2.75) is 32.1 Å². The van der Waals surface area contributed by atoms with Gasteiger partial charge in [-0.25, -0.2) is 0 Å². The van der Waals surface area contributed by atoms with Crippen LogP contribution < -0.4 is 31.8 Å². The summed E-state index contributed by atoms with van der Waals surface area (Å²) >= 11 is 0. The van der Waals surface area contributed by atoms with E-state index >= 15 is 0 Å². The molecule has 0 bridgehead atoms. The molecule has 0 saturated heterocycles. The predicted octanol–water partition coefficient (Wildman–Crippen LogP) is 8.53. The molecule has 0 aromatic heterocycles. The van der Waals surface area contributed by atoms with Gasteiger partial charge in [-0.15, -0.1) is 0 Å². The highest BCUT2D eigenvalue weighted by Gasteiger charge is 2.25. The lowest BCUT2D eigenvalue weighted by molar-refractivity contribution is 0.727. The average Bonchev–Trinajstić information content (AvgIpc) is 3.13. The minimum Gasteiger partial charge on any atom is -0.0742 e. The summed E-state index contributed by atoms with van der Waals surface area (Å²) in [6, 6.07) is 67.1. The van der Waals surface area contributed by atoms with Gasteiger partial charge in [-0.2, -0.15) is 0 Å². The molecule has 0 atom stereocenters. The van der Waals surface area contributed by atoms with E-state index in [1.54, 1.807) is 0 Å². The van der Waals surface area contributed by atoms with Crippen molar-refractivity contribution in [1.29, 1.82) is 0 Å². The average molecular weight is 621 g/mol. The fraction of sp³-hybridized carbons (Fsp3) is 0.116. The second-order valence-electron chi connectivity index (χ2n) is 11.5. The van der Waals surface area contributed by atoms with Crippen molar-refractivity contribution in [1.82, 2.24) is 0 Å². The van der Waals surface area contributed by atoms with Gasteiger partial charge in [-0.1, -0.05) is 200 Å². The second kappa shape index (κ2) is 15.3. The molecule has 0 heterocycles. The van der Waals surface area contributed by atoms with Crippen molar-refractivity contribution in [3.8, 4) is 0 Å². The maximum Gasteiger partial charge on any atom is -0.0163 e. The summed E-state index contributed by atoms with van der Waals surface area (Å²) in [6.45, 7) is -3.77. The van der Waals surface area contributed by atoms with Crippen LogP contribution in [0, 0.1) is 0 Å². The van der Waals surface area contributed by atoms with Crippen LogP contribution in [0.25, 0.3) is 0 Å². The summed E-state index contributed by atoms with van der Waals surface area (Å²) in [5.74, 6) is 5.37. The molecule has 0 amide bonds. The minimum absolute atomic E-state index is 1.10. The molecule has 0 unspecified atom stereocenters. The zero-order valence-electron chi connectivity index (χ0n) is 25.9. The second-order valence-corrected chi connectivity index (χ2v) is 18.2. The molecule has 45 heavy (non-hydrogen) atoms. The van der Waals surface area contributed by atoms with E-state index in [1.165, 1.54) is 51.1 Å². The third-order valence-corrected chi connectivity index (χ3v) is 17.0. The molecule has 6 aromatic rings. The highest BCUT2D eigenvalue weighted by Crippen LogP contribution is 2.45. The molecule has 0 radical (unpaired) electrons. The smallest absolute Gasteiger partial charge is 0.0163 e. The summed E-state index contributed by atoms with van der Waals surface area (Å²) in [7, 11) is 0. The molecule has 0 saturated carbocycles. The first kappa shape index (κ1) is 30.9. The summed E-state index contributed by atoms with van der Waals surface area (Å²) in [5.41, 5.74) is 0. The molecular weight excluding hydrogens is 578 g/mol. The van der Waals surface area contributed by atoms with Crippen LogP contribution in [-0.4, -0.2) is 11.6 Å². The SMILES string of the molecule is C(CCCCCC=P(c1ccccc1)(c1ccccc1)c1ccccc1)=P(c1ccccc1)(c1ccccc1)c1ccccc1. The molecule has 0 aliphatic heterocycles. The number of unbranched alkanes of at least 4 members (excludes halogenated alkanes) is 4. The quantitative estimate of drug-likeness (QED) is 0.0951. The van der Waals surface area contributed by atoms with E-state index < -0.39 is 13.8 Å². The van der Waals surface area contributed by atoms with E-state index in [9.17, 15) is 0 Å². The zero-order valence-corrected chi connectivity index (χ0v) is 27.7. The van der Waals surface area contributed by atoms with Crippen LogP contribution in [0.5, 0.6) is 0 Å². The fourth-order valence-electron chi connectivity index (χ4n) is 6.54. The van der Waals surface area contributed by atoms with Gasteiger partial charge >= 0.3 is 0 Å². The van der Waals surface area contributed by atoms with Crippen molar-refractivity contribution < 1.29 is 0 Å². The van der Waals surface area contributed by atoms with Crippen LogP contribution in [-0.2, 0) is 0 Å². The zero-order chi connectivity index (χ0) is 30.6. The van der Waals surface area contributed by atoms with E-state index in [2.05, 4.69) is 194 Å². The monoisotopic (exact) mass is 620 g/mol. The Morgan fingerprint density at radius 3 is 0.667 bits per heavy atom. The predicted molar refractivity (Wildman–Crippen MR) is 206 cm³/mol. The van der Waals surface area contributed by atoms with Crippen molar-refractivity contribution in [2.24, 2.45) is 0 Å². The van der Waals surface area contributed by atoms with Gasteiger partial charge in [0, 0.05) is 0 Å². The Morgan fingerprint density at radius 2 is 0.467 bits per heavy atom. The Balaban J connectivity index is 1.29. The minimum atomic E-state index is -1.88. The largest absolute Gasteiger partial charge is 0.0742 e. The standard InChI is InChI=1S/C43H42P2/c1(2-22-36-44(38-24-10-4-11-25-38,39-26-12-5-13-27-39)40-28-14-6-15-29-40)3-23-37-45(41-30-16-7-17-31-41,42-32-18-8-19-33-42)43-34-20-9-21-35-43/h4-21,24-37H,1-3,22-23H2. The molecule has 0 aliphatic rings. The first-order chi connectivity index (χ1) is 22.3. The van der Waals surface area contributed by atoms with E-state index in [1.807, 2.05) is 0 Å². The van der Waals surface area contributed by atoms with E-state index in [0.29, 0.717) is 0 Å². The molecule has 0 N–H and O–H groups in total. The van der Waals surface area contributed by atoms with Gasteiger partial charge in [0.25, 0.3) is 0 Å². The molecule has 2 heteroatoms. The lowest BCUT2D eigenvalue weighted by atomic mass is 10.2. The Morgan fingerprint density at radius 1 is 0.267 bits per heavy atom. The third kappa shape index (κ3) is 6.79. The van der Waals surface area contributed by atoms with Gasteiger partial charge in [-0.05, 0) is 71.3 Å². The lowest BCUT2D eigenvalue weighted by Crippen LogP contribution is -2.27. The molecule has 224 valence electrons. The normalized spacial score (nSPS) is 11.6. The fourth-order valence-corrected chi connectivity index (χ4v) is 14.6. The van der Waals surface area contributed by atoms with Crippen LogP contribution in [0.2, 0.25) is 0 Å². The van der Waals surface area contributed by atoms with Gasteiger partial charge in [0.15, 0.2) is 0 Å². The topological polar surface area (TPSA) is 0 Å².